The Hall–Kier alpha value is -0.890. The Morgan fingerprint density at radius 3 is 2.88 bits per heavy atom. The minimum absolute atomic E-state index is 0.220. The third kappa shape index (κ3) is 2.68. The molecule has 0 saturated heterocycles. The summed E-state index contributed by atoms with van der Waals surface area (Å²) in [6.07, 6.45) is 10.2. The number of ketones is 1. The van der Waals surface area contributed by atoms with Gasteiger partial charge in [0, 0.05) is 13.0 Å². The summed E-state index contributed by atoms with van der Waals surface area (Å²) in [5.74, 6) is 1.06. The van der Waals surface area contributed by atoms with E-state index in [1.165, 1.54) is 24.8 Å². The Balaban J connectivity index is 2.24. The van der Waals surface area contributed by atoms with Crippen molar-refractivity contribution in [1.82, 2.24) is 0 Å². The quantitative estimate of drug-likeness (QED) is 0.733. The predicted molar refractivity (Wildman–Crippen MR) is 68.8 cm³/mol. The van der Waals surface area contributed by atoms with Gasteiger partial charge in [0.15, 0.2) is 5.78 Å². The van der Waals surface area contributed by atoms with Crippen molar-refractivity contribution in [1.29, 1.82) is 0 Å². The van der Waals surface area contributed by atoms with Crippen LogP contribution in [0, 0.1) is 11.8 Å². The number of methoxy groups -OCH3 is 1. The maximum absolute atomic E-state index is 12.4. The first-order chi connectivity index (χ1) is 8.26. The van der Waals surface area contributed by atoms with Gasteiger partial charge < -0.3 is 4.74 Å². The molecule has 94 valence electrons. The molecule has 2 aliphatic rings. The lowest BCUT2D eigenvalue weighted by Crippen LogP contribution is -2.37. The molecule has 0 bridgehead atoms. The fourth-order valence-electron chi connectivity index (χ4n) is 3.21. The number of carbonyl (C=O) groups excluding carboxylic acids is 1. The molecule has 2 aliphatic carbocycles. The van der Waals surface area contributed by atoms with Gasteiger partial charge in [0.25, 0.3) is 0 Å². The Morgan fingerprint density at radius 2 is 2.18 bits per heavy atom. The van der Waals surface area contributed by atoms with E-state index < -0.39 is 0 Å². The maximum Gasteiger partial charge on any atom is 0.165 e. The van der Waals surface area contributed by atoms with Gasteiger partial charge in [-0.05, 0) is 31.6 Å². The fourth-order valence-corrected chi connectivity index (χ4v) is 3.21. The summed E-state index contributed by atoms with van der Waals surface area (Å²) in [6.45, 7) is 3.87. The maximum atomic E-state index is 12.4. The van der Waals surface area contributed by atoms with Crippen molar-refractivity contribution in [3.8, 4) is 0 Å². The van der Waals surface area contributed by atoms with Crippen molar-refractivity contribution in [2.75, 3.05) is 7.11 Å². The summed E-state index contributed by atoms with van der Waals surface area (Å²) in [5.41, 5.74) is 1.29. The fraction of sp³-hybridized carbons (Fsp3) is 0.667. The average Bonchev–Trinajstić information content (AvgIpc) is 2.36. The lowest BCUT2D eigenvalue weighted by atomic mass is 9.71. The summed E-state index contributed by atoms with van der Waals surface area (Å²) in [6, 6.07) is 0. The zero-order valence-electron chi connectivity index (χ0n) is 10.7. The van der Waals surface area contributed by atoms with Crippen molar-refractivity contribution in [3.63, 3.8) is 0 Å². The molecule has 3 atom stereocenters. The molecule has 0 spiro atoms. The Kier molecular flexibility index (Phi) is 4.16. The van der Waals surface area contributed by atoms with Crippen LogP contribution in [-0.2, 0) is 9.53 Å². The summed E-state index contributed by atoms with van der Waals surface area (Å²) in [4.78, 5) is 12.4. The summed E-state index contributed by atoms with van der Waals surface area (Å²) >= 11 is 0. The highest BCUT2D eigenvalue weighted by Gasteiger charge is 2.35. The van der Waals surface area contributed by atoms with Gasteiger partial charge in [0.05, 0.1) is 0 Å². The second-order valence-corrected chi connectivity index (χ2v) is 5.20. The normalized spacial score (nSPS) is 37.4. The first-order valence-corrected chi connectivity index (χ1v) is 6.64. The van der Waals surface area contributed by atoms with Crippen LogP contribution >= 0.6 is 0 Å². The molecule has 0 N–H and O–H groups in total. The van der Waals surface area contributed by atoms with Gasteiger partial charge >= 0.3 is 0 Å². The Labute approximate surface area is 104 Å². The van der Waals surface area contributed by atoms with E-state index in [2.05, 4.69) is 12.7 Å². The van der Waals surface area contributed by atoms with Crippen LogP contribution in [0.25, 0.3) is 0 Å². The van der Waals surface area contributed by atoms with Crippen LogP contribution in [0.15, 0.2) is 24.3 Å². The molecule has 2 heteroatoms. The van der Waals surface area contributed by atoms with Crippen molar-refractivity contribution < 1.29 is 9.53 Å². The minimum Gasteiger partial charge on any atom is -0.373 e. The van der Waals surface area contributed by atoms with Crippen LogP contribution in [-0.4, -0.2) is 19.0 Å². The molecule has 0 aromatic heterocycles. The third-order valence-corrected chi connectivity index (χ3v) is 4.23. The molecule has 0 unspecified atom stereocenters. The molecule has 1 saturated carbocycles. The first kappa shape index (κ1) is 12.6. The van der Waals surface area contributed by atoms with E-state index in [-0.39, 0.29) is 12.0 Å². The van der Waals surface area contributed by atoms with Gasteiger partial charge in [-0.2, -0.15) is 0 Å². The van der Waals surface area contributed by atoms with Crippen molar-refractivity contribution >= 4 is 5.78 Å². The van der Waals surface area contributed by atoms with Gasteiger partial charge in [-0.15, -0.1) is 0 Å². The molecular weight excluding hydrogens is 212 g/mol. The highest BCUT2D eigenvalue weighted by atomic mass is 16.5. The lowest BCUT2D eigenvalue weighted by Gasteiger charge is -2.34. The molecule has 0 aliphatic heterocycles. The van der Waals surface area contributed by atoms with Crippen molar-refractivity contribution in [2.24, 2.45) is 11.8 Å². The van der Waals surface area contributed by atoms with E-state index in [1.54, 1.807) is 7.11 Å². The minimum atomic E-state index is -0.240. The zero-order chi connectivity index (χ0) is 12.3. The SMILES string of the molecule is C=C/C1=C/C[C@@H](OC)C(=O)[C@H]2CCCC[C@@H]2C1. The van der Waals surface area contributed by atoms with E-state index in [9.17, 15) is 4.79 Å². The van der Waals surface area contributed by atoms with Crippen LogP contribution in [0.4, 0.5) is 0 Å². The number of rotatable bonds is 2. The largest absolute Gasteiger partial charge is 0.373 e. The molecule has 2 rings (SSSR count). The smallest absolute Gasteiger partial charge is 0.165 e. The number of hydrogen-bond acceptors (Lipinski definition) is 2. The van der Waals surface area contributed by atoms with Crippen LogP contribution in [0.3, 0.4) is 0 Å². The summed E-state index contributed by atoms with van der Waals surface area (Å²) in [7, 11) is 1.64. The molecule has 0 aromatic carbocycles. The number of allylic oxidation sites excluding steroid dienone is 2. The van der Waals surface area contributed by atoms with Gasteiger partial charge in [-0.3, -0.25) is 4.79 Å². The molecular formula is C15H22O2. The van der Waals surface area contributed by atoms with Gasteiger partial charge in [0.2, 0.25) is 0 Å². The third-order valence-electron chi connectivity index (χ3n) is 4.23. The van der Waals surface area contributed by atoms with Crippen LogP contribution in [0.1, 0.15) is 38.5 Å². The molecule has 0 radical (unpaired) electrons. The predicted octanol–water partition coefficient (Wildman–Crippen LogP) is 3.28. The Bertz CT molecular complexity index is 330. The molecule has 0 amide bonds. The van der Waals surface area contributed by atoms with Crippen LogP contribution in [0.2, 0.25) is 0 Å². The van der Waals surface area contributed by atoms with Crippen molar-refractivity contribution in [3.05, 3.63) is 24.3 Å². The van der Waals surface area contributed by atoms with Gasteiger partial charge in [-0.25, -0.2) is 0 Å². The molecule has 0 heterocycles. The molecule has 17 heavy (non-hydrogen) atoms. The highest BCUT2D eigenvalue weighted by molar-refractivity contribution is 5.86. The van der Waals surface area contributed by atoms with Crippen LogP contribution < -0.4 is 0 Å². The highest BCUT2D eigenvalue weighted by Crippen LogP contribution is 2.37. The topological polar surface area (TPSA) is 26.3 Å². The van der Waals surface area contributed by atoms with Crippen molar-refractivity contribution in [2.45, 2.75) is 44.6 Å². The molecule has 0 aromatic rings. The number of fused-ring (bicyclic) bond motifs is 1. The summed E-state index contributed by atoms with van der Waals surface area (Å²) < 4.78 is 5.35. The second-order valence-electron chi connectivity index (χ2n) is 5.20. The standard InChI is InChI=1S/C15H22O2/c1-3-11-8-9-14(17-2)15(16)13-7-5-4-6-12(13)10-11/h3,8,12-14H,1,4-7,9-10H2,2H3/b11-8-/t12-,13+,14-/m1/s1. The van der Waals surface area contributed by atoms with E-state index in [0.29, 0.717) is 18.1 Å². The number of carbonyl (C=O) groups is 1. The average molecular weight is 234 g/mol. The van der Waals surface area contributed by atoms with E-state index >= 15 is 0 Å². The first-order valence-electron chi connectivity index (χ1n) is 6.64. The Morgan fingerprint density at radius 1 is 1.41 bits per heavy atom. The number of hydrogen-bond donors (Lipinski definition) is 0. The lowest BCUT2D eigenvalue weighted by molar-refractivity contribution is -0.135. The monoisotopic (exact) mass is 234 g/mol. The van der Waals surface area contributed by atoms with Gasteiger partial charge in [0.1, 0.15) is 6.10 Å². The van der Waals surface area contributed by atoms with E-state index in [4.69, 9.17) is 4.74 Å². The van der Waals surface area contributed by atoms with E-state index in [1.807, 2.05) is 6.08 Å². The number of Topliss-reactive ketones (excluding diaryl/α,β-unsaturated/α-hetero) is 1. The zero-order valence-corrected chi connectivity index (χ0v) is 10.7. The number of ether oxygens (including phenoxy) is 1. The van der Waals surface area contributed by atoms with Gasteiger partial charge in [-0.1, -0.05) is 37.1 Å². The summed E-state index contributed by atoms with van der Waals surface area (Å²) in [5, 5.41) is 0. The van der Waals surface area contributed by atoms with Crippen LogP contribution in [0.5, 0.6) is 0 Å². The second kappa shape index (κ2) is 5.63. The molecule has 2 nitrogen and oxygen atoms in total. The van der Waals surface area contributed by atoms with E-state index in [0.717, 1.165) is 12.8 Å². The molecule has 1 fully saturated rings.